The highest BCUT2D eigenvalue weighted by Crippen LogP contribution is 2.42. The van der Waals surface area contributed by atoms with Gasteiger partial charge in [0.1, 0.15) is 11.5 Å². The second-order valence-electron chi connectivity index (χ2n) is 8.09. The van der Waals surface area contributed by atoms with Gasteiger partial charge in [-0.05, 0) is 12.8 Å². The quantitative estimate of drug-likeness (QED) is 0.160. The van der Waals surface area contributed by atoms with Crippen molar-refractivity contribution < 1.29 is 28.5 Å². The van der Waals surface area contributed by atoms with Crippen LogP contribution in [0.3, 0.4) is 0 Å². The van der Waals surface area contributed by atoms with Gasteiger partial charge in [0.2, 0.25) is 0 Å². The maximum absolute atomic E-state index is 12.0. The lowest BCUT2D eigenvalue weighted by Gasteiger charge is -2.17. The van der Waals surface area contributed by atoms with Crippen LogP contribution in [0.25, 0.3) is 21.5 Å². The zero-order valence-corrected chi connectivity index (χ0v) is 20.1. The van der Waals surface area contributed by atoms with E-state index in [4.69, 9.17) is 18.9 Å². The fraction of sp³-hybridized carbons (Fsp3) is 0.429. The lowest BCUT2D eigenvalue weighted by Crippen LogP contribution is -2.12. The Hall–Kier alpha value is -3.28. The SMILES string of the molecule is CCCCOC(=O)CCOc1c2ccccc2c(OCCC(=O)OCCCC)c2ccccc12. The molecule has 0 saturated carbocycles. The van der Waals surface area contributed by atoms with E-state index in [9.17, 15) is 9.59 Å². The molecule has 0 bridgehead atoms. The first-order valence-electron chi connectivity index (χ1n) is 12.2. The number of benzene rings is 3. The standard InChI is InChI=1S/C28H34O6/c1-3-5-17-31-25(29)15-19-33-27-21-11-7-9-13-23(21)28(24-14-10-8-12-22(24)27)34-20-16-26(30)32-18-6-4-2/h7-14H,3-6,15-20H2,1-2H3. The van der Waals surface area contributed by atoms with Crippen molar-refractivity contribution in [2.75, 3.05) is 26.4 Å². The van der Waals surface area contributed by atoms with E-state index < -0.39 is 0 Å². The van der Waals surface area contributed by atoms with Crippen LogP contribution in [0.4, 0.5) is 0 Å². The van der Waals surface area contributed by atoms with Gasteiger partial charge in [-0.15, -0.1) is 0 Å². The van der Waals surface area contributed by atoms with Gasteiger partial charge in [-0.1, -0.05) is 75.2 Å². The van der Waals surface area contributed by atoms with Gasteiger partial charge in [0.05, 0.1) is 39.3 Å². The van der Waals surface area contributed by atoms with E-state index in [2.05, 4.69) is 13.8 Å². The highest BCUT2D eigenvalue weighted by Gasteiger charge is 2.17. The van der Waals surface area contributed by atoms with Gasteiger partial charge in [0.25, 0.3) is 0 Å². The lowest BCUT2D eigenvalue weighted by atomic mass is 10.0. The van der Waals surface area contributed by atoms with Crippen molar-refractivity contribution in [2.45, 2.75) is 52.4 Å². The van der Waals surface area contributed by atoms with Gasteiger partial charge in [-0.2, -0.15) is 0 Å². The third kappa shape index (κ3) is 6.86. The zero-order valence-electron chi connectivity index (χ0n) is 20.1. The summed E-state index contributed by atoms with van der Waals surface area (Å²) in [7, 11) is 0. The molecule has 3 aromatic carbocycles. The molecule has 0 saturated heterocycles. The van der Waals surface area contributed by atoms with Crippen LogP contribution >= 0.6 is 0 Å². The molecule has 3 aromatic rings. The van der Waals surface area contributed by atoms with Gasteiger partial charge in [-0.3, -0.25) is 9.59 Å². The molecule has 0 unspecified atom stereocenters. The molecule has 3 rings (SSSR count). The van der Waals surface area contributed by atoms with Gasteiger partial charge in [0, 0.05) is 21.5 Å². The number of carbonyl (C=O) groups excluding carboxylic acids is 2. The summed E-state index contributed by atoms with van der Waals surface area (Å²) < 4.78 is 22.7. The van der Waals surface area contributed by atoms with E-state index in [0.29, 0.717) is 24.7 Å². The molecular formula is C28H34O6. The molecule has 0 fully saturated rings. The Morgan fingerprint density at radius 1 is 0.588 bits per heavy atom. The molecule has 0 amide bonds. The molecule has 0 aliphatic carbocycles. The first-order chi connectivity index (χ1) is 16.7. The molecule has 182 valence electrons. The first kappa shape index (κ1) is 25.3. The largest absolute Gasteiger partial charge is 0.492 e. The molecular weight excluding hydrogens is 432 g/mol. The van der Waals surface area contributed by atoms with E-state index >= 15 is 0 Å². The molecule has 0 heterocycles. The monoisotopic (exact) mass is 466 g/mol. The van der Waals surface area contributed by atoms with E-state index in [1.165, 1.54) is 0 Å². The molecule has 0 N–H and O–H groups in total. The molecule has 6 heteroatoms. The summed E-state index contributed by atoms with van der Waals surface area (Å²) in [5, 5.41) is 3.56. The first-order valence-corrected chi connectivity index (χ1v) is 12.2. The number of fused-ring (bicyclic) bond motifs is 2. The zero-order chi connectivity index (χ0) is 24.2. The summed E-state index contributed by atoms with van der Waals surface area (Å²) >= 11 is 0. The molecule has 34 heavy (non-hydrogen) atoms. The average Bonchev–Trinajstić information content (AvgIpc) is 2.85. The summed E-state index contributed by atoms with van der Waals surface area (Å²) in [6.45, 7) is 5.45. The van der Waals surface area contributed by atoms with Crippen molar-refractivity contribution in [3.05, 3.63) is 48.5 Å². The van der Waals surface area contributed by atoms with Crippen LogP contribution in [0.15, 0.2) is 48.5 Å². The number of hydrogen-bond donors (Lipinski definition) is 0. The summed E-state index contributed by atoms with van der Waals surface area (Å²) in [4.78, 5) is 24.0. The topological polar surface area (TPSA) is 71.1 Å². The summed E-state index contributed by atoms with van der Waals surface area (Å²) in [5.41, 5.74) is 0. The van der Waals surface area contributed by atoms with Crippen LogP contribution < -0.4 is 9.47 Å². The van der Waals surface area contributed by atoms with Gasteiger partial charge >= 0.3 is 11.9 Å². The minimum Gasteiger partial charge on any atom is -0.492 e. The highest BCUT2D eigenvalue weighted by atomic mass is 16.5. The molecule has 6 nitrogen and oxygen atoms in total. The lowest BCUT2D eigenvalue weighted by molar-refractivity contribution is -0.145. The van der Waals surface area contributed by atoms with Crippen molar-refractivity contribution in [3.8, 4) is 11.5 Å². The minimum absolute atomic E-state index is 0.185. The summed E-state index contributed by atoms with van der Waals surface area (Å²) in [6, 6.07) is 15.7. The van der Waals surface area contributed by atoms with Gasteiger partial charge in [0.15, 0.2) is 0 Å². The number of hydrogen-bond acceptors (Lipinski definition) is 6. The molecule has 0 spiro atoms. The highest BCUT2D eigenvalue weighted by molar-refractivity contribution is 6.11. The van der Waals surface area contributed by atoms with E-state index in [1.807, 2.05) is 48.5 Å². The van der Waals surface area contributed by atoms with Crippen molar-refractivity contribution in [1.82, 2.24) is 0 Å². The normalized spacial score (nSPS) is 10.9. The van der Waals surface area contributed by atoms with Gasteiger partial charge in [-0.25, -0.2) is 0 Å². The predicted molar refractivity (Wildman–Crippen MR) is 133 cm³/mol. The Labute approximate surface area is 201 Å². The van der Waals surface area contributed by atoms with E-state index in [1.54, 1.807) is 0 Å². The maximum Gasteiger partial charge on any atom is 0.309 e. The molecule has 0 aromatic heterocycles. The molecule has 0 atom stereocenters. The fourth-order valence-electron chi connectivity index (χ4n) is 3.64. The maximum atomic E-state index is 12.0. The Balaban J connectivity index is 1.78. The Morgan fingerprint density at radius 2 is 0.941 bits per heavy atom. The second-order valence-corrected chi connectivity index (χ2v) is 8.09. The number of esters is 2. The summed E-state index contributed by atoms with van der Waals surface area (Å²) in [5.74, 6) is 0.901. The van der Waals surface area contributed by atoms with Crippen LogP contribution in [0.2, 0.25) is 0 Å². The van der Waals surface area contributed by atoms with Crippen LogP contribution in [0.5, 0.6) is 11.5 Å². The second kappa shape index (κ2) is 13.4. The minimum atomic E-state index is -0.257. The smallest absolute Gasteiger partial charge is 0.309 e. The van der Waals surface area contributed by atoms with Crippen LogP contribution in [0.1, 0.15) is 52.4 Å². The predicted octanol–water partition coefficient (Wildman–Crippen LogP) is 6.22. The number of rotatable bonds is 14. The van der Waals surface area contributed by atoms with E-state index in [-0.39, 0.29) is 38.0 Å². The molecule has 0 radical (unpaired) electrons. The average molecular weight is 467 g/mol. The van der Waals surface area contributed by atoms with Crippen LogP contribution in [0, 0.1) is 0 Å². The van der Waals surface area contributed by atoms with Crippen molar-refractivity contribution in [1.29, 1.82) is 0 Å². The van der Waals surface area contributed by atoms with Crippen molar-refractivity contribution in [2.24, 2.45) is 0 Å². The number of unbranched alkanes of at least 4 members (excludes halogenated alkanes) is 2. The van der Waals surface area contributed by atoms with Crippen molar-refractivity contribution >= 4 is 33.5 Å². The van der Waals surface area contributed by atoms with Crippen molar-refractivity contribution in [3.63, 3.8) is 0 Å². The number of carbonyl (C=O) groups is 2. The molecule has 0 aliphatic heterocycles. The summed E-state index contributed by atoms with van der Waals surface area (Å²) in [6.07, 6.45) is 4.06. The molecule has 0 aliphatic rings. The Bertz CT molecular complexity index is 948. The Kier molecular flexibility index (Phi) is 10.0. The third-order valence-electron chi connectivity index (χ3n) is 5.46. The van der Waals surface area contributed by atoms with E-state index in [0.717, 1.165) is 47.2 Å². The van der Waals surface area contributed by atoms with Gasteiger partial charge < -0.3 is 18.9 Å². The van der Waals surface area contributed by atoms with Crippen LogP contribution in [-0.2, 0) is 19.1 Å². The Morgan fingerprint density at radius 3 is 1.26 bits per heavy atom. The van der Waals surface area contributed by atoms with Crippen LogP contribution in [-0.4, -0.2) is 38.4 Å². The fourth-order valence-corrected chi connectivity index (χ4v) is 3.64. The third-order valence-corrected chi connectivity index (χ3v) is 5.46. The number of ether oxygens (including phenoxy) is 4.